The Kier molecular flexibility index (Phi) is 5.61. The van der Waals surface area contributed by atoms with E-state index in [-0.39, 0.29) is 22.6 Å². The minimum atomic E-state index is -0.669. The highest BCUT2D eigenvalue weighted by molar-refractivity contribution is 5.99. The number of aromatic nitrogens is 3. The van der Waals surface area contributed by atoms with Crippen LogP contribution in [0.3, 0.4) is 0 Å². The first kappa shape index (κ1) is 22.6. The van der Waals surface area contributed by atoms with Crippen molar-refractivity contribution < 1.29 is 13.9 Å². The lowest BCUT2D eigenvalue weighted by molar-refractivity contribution is 0.206. The fourth-order valence-electron chi connectivity index (χ4n) is 5.64. The lowest BCUT2D eigenvalue weighted by Gasteiger charge is -2.36. The van der Waals surface area contributed by atoms with Crippen LogP contribution in [0.2, 0.25) is 0 Å². The number of phenolic OH excluding ortho intramolecular Hbond substituents is 1. The van der Waals surface area contributed by atoms with Crippen molar-refractivity contribution in [2.75, 3.05) is 31.1 Å². The van der Waals surface area contributed by atoms with Crippen LogP contribution >= 0.6 is 0 Å². The van der Waals surface area contributed by atoms with E-state index in [0.717, 1.165) is 43.6 Å². The molecule has 0 amide bonds. The van der Waals surface area contributed by atoms with Gasteiger partial charge in [-0.1, -0.05) is 0 Å². The van der Waals surface area contributed by atoms with Crippen LogP contribution in [0.4, 0.5) is 10.3 Å². The molecule has 9 heteroatoms. The number of nitrogens with one attached hydrogen (secondary N) is 1. The maximum Gasteiger partial charge on any atom is 0.196 e. The zero-order chi connectivity index (χ0) is 24.8. The normalized spacial score (nSPS) is 17.2. The van der Waals surface area contributed by atoms with Crippen molar-refractivity contribution in [1.82, 2.24) is 20.1 Å². The minimum absolute atomic E-state index is 0.115. The number of furan rings is 1. The van der Waals surface area contributed by atoms with Gasteiger partial charge in [-0.15, -0.1) is 0 Å². The van der Waals surface area contributed by atoms with E-state index in [1.807, 2.05) is 19.1 Å². The second-order valence-corrected chi connectivity index (χ2v) is 9.63. The van der Waals surface area contributed by atoms with Gasteiger partial charge in [-0.05, 0) is 63.9 Å². The van der Waals surface area contributed by atoms with Gasteiger partial charge in [-0.25, -0.2) is 9.37 Å². The van der Waals surface area contributed by atoms with Crippen molar-refractivity contribution in [2.24, 2.45) is 0 Å². The molecule has 0 saturated carbocycles. The highest BCUT2D eigenvalue weighted by Crippen LogP contribution is 2.40. The summed E-state index contributed by atoms with van der Waals surface area (Å²) in [5, 5.41) is 27.7. The van der Waals surface area contributed by atoms with Crippen LogP contribution in [-0.2, 0) is 0 Å². The van der Waals surface area contributed by atoms with E-state index in [1.165, 1.54) is 38.1 Å². The average Bonchev–Trinajstić information content (AvgIpc) is 3.65. The van der Waals surface area contributed by atoms with Crippen molar-refractivity contribution in [1.29, 1.82) is 5.26 Å². The summed E-state index contributed by atoms with van der Waals surface area (Å²) in [7, 11) is 0. The smallest absolute Gasteiger partial charge is 0.196 e. The molecule has 2 fully saturated rings. The Morgan fingerprint density at radius 3 is 2.64 bits per heavy atom. The zero-order valence-electron chi connectivity index (χ0n) is 20.1. The molecule has 2 aliphatic heterocycles. The molecule has 0 bridgehead atoms. The summed E-state index contributed by atoms with van der Waals surface area (Å²) in [6.07, 6.45) is 4.80. The molecule has 184 valence electrons. The van der Waals surface area contributed by atoms with Gasteiger partial charge in [0.2, 0.25) is 0 Å². The molecule has 6 rings (SSSR count). The number of phenols is 1. The SMILES string of the molecule is Cc1[nH]nc2nc(-c3ccc(O)cc3F)c(C#N)c(-c3ccc(N4CCC(N5CCCC5)CC4)o3)c12. The Morgan fingerprint density at radius 1 is 1.14 bits per heavy atom. The van der Waals surface area contributed by atoms with E-state index in [2.05, 4.69) is 31.1 Å². The molecule has 1 aromatic carbocycles. The number of aromatic hydroxyl groups is 1. The van der Waals surface area contributed by atoms with E-state index < -0.39 is 5.82 Å². The number of aryl methyl sites for hydroxylation is 1. The molecule has 0 unspecified atom stereocenters. The first-order valence-electron chi connectivity index (χ1n) is 12.4. The third-order valence-electron chi connectivity index (χ3n) is 7.47. The highest BCUT2D eigenvalue weighted by atomic mass is 19.1. The topological polar surface area (TPSA) is 105 Å². The summed E-state index contributed by atoms with van der Waals surface area (Å²) in [5.74, 6) is 0.409. The second-order valence-electron chi connectivity index (χ2n) is 9.63. The Hall–Kier alpha value is -3.90. The summed E-state index contributed by atoms with van der Waals surface area (Å²) in [4.78, 5) is 9.38. The third-order valence-corrected chi connectivity index (χ3v) is 7.47. The second kappa shape index (κ2) is 8.95. The number of nitriles is 1. The molecule has 0 spiro atoms. The summed E-state index contributed by atoms with van der Waals surface area (Å²) in [5.41, 5.74) is 2.12. The molecular weight excluding hydrogens is 459 g/mol. The molecule has 2 N–H and O–H groups in total. The van der Waals surface area contributed by atoms with E-state index in [4.69, 9.17) is 4.42 Å². The molecular formula is C27H27FN6O2. The largest absolute Gasteiger partial charge is 0.508 e. The number of hydrogen-bond acceptors (Lipinski definition) is 7. The van der Waals surface area contributed by atoms with Crippen LogP contribution < -0.4 is 4.90 Å². The fraction of sp³-hybridized carbons (Fsp3) is 0.370. The van der Waals surface area contributed by atoms with Crippen molar-refractivity contribution in [3.63, 3.8) is 0 Å². The molecule has 0 atom stereocenters. The van der Waals surface area contributed by atoms with Gasteiger partial charge in [0.25, 0.3) is 0 Å². The first-order valence-corrected chi connectivity index (χ1v) is 12.4. The lowest BCUT2D eigenvalue weighted by Crippen LogP contribution is -2.43. The highest BCUT2D eigenvalue weighted by Gasteiger charge is 2.29. The number of rotatable bonds is 4. The Labute approximate surface area is 208 Å². The van der Waals surface area contributed by atoms with Crippen molar-refractivity contribution in [2.45, 2.75) is 38.6 Å². The number of nitrogens with zero attached hydrogens (tertiary/aromatic N) is 5. The molecule has 3 aromatic heterocycles. The summed E-state index contributed by atoms with van der Waals surface area (Å²) < 4.78 is 21.2. The van der Waals surface area contributed by atoms with Gasteiger partial charge in [0.1, 0.15) is 23.4 Å². The summed E-state index contributed by atoms with van der Waals surface area (Å²) in [6.45, 7) is 6.10. The average molecular weight is 487 g/mol. The van der Waals surface area contributed by atoms with Gasteiger partial charge in [0, 0.05) is 42.5 Å². The number of anilines is 1. The Bertz CT molecular complexity index is 1470. The number of H-pyrrole nitrogens is 1. The number of pyridine rings is 1. The van der Waals surface area contributed by atoms with Crippen LogP contribution in [0.5, 0.6) is 5.75 Å². The van der Waals surface area contributed by atoms with E-state index in [0.29, 0.717) is 28.4 Å². The standard InChI is InChI=1S/C27H27FN6O2/c1-16-24-25(20(15-29)26(30-27(24)32-31-16)19-5-4-18(35)14-21(19)28)22-6-7-23(36-22)34-12-8-17(9-13-34)33-10-2-3-11-33/h4-7,14,17,35H,2-3,8-13H2,1H3,(H,30,31,32). The minimum Gasteiger partial charge on any atom is -0.508 e. The Morgan fingerprint density at radius 2 is 1.92 bits per heavy atom. The zero-order valence-corrected chi connectivity index (χ0v) is 20.1. The number of halogens is 1. The van der Waals surface area contributed by atoms with Crippen LogP contribution in [0.25, 0.3) is 33.6 Å². The van der Waals surface area contributed by atoms with Crippen LogP contribution in [0, 0.1) is 24.1 Å². The van der Waals surface area contributed by atoms with Crippen molar-refractivity contribution in [3.05, 3.63) is 47.4 Å². The molecule has 2 saturated heterocycles. The number of piperidine rings is 1. The lowest BCUT2D eigenvalue weighted by atomic mass is 9.96. The third kappa shape index (κ3) is 3.78. The van der Waals surface area contributed by atoms with Crippen LogP contribution in [0.15, 0.2) is 34.7 Å². The number of fused-ring (bicyclic) bond motifs is 1. The molecule has 5 heterocycles. The predicted molar refractivity (Wildman–Crippen MR) is 134 cm³/mol. The number of hydrogen-bond donors (Lipinski definition) is 2. The van der Waals surface area contributed by atoms with E-state index in [1.54, 1.807) is 0 Å². The van der Waals surface area contributed by atoms with Gasteiger partial charge >= 0.3 is 0 Å². The summed E-state index contributed by atoms with van der Waals surface area (Å²) in [6, 6.07) is 10.5. The quantitative estimate of drug-likeness (QED) is 0.419. The van der Waals surface area contributed by atoms with Gasteiger partial charge in [0.15, 0.2) is 11.5 Å². The maximum absolute atomic E-state index is 14.8. The summed E-state index contributed by atoms with van der Waals surface area (Å²) >= 11 is 0. The molecule has 36 heavy (non-hydrogen) atoms. The molecule has 2 aliphatic rings. The molecule has 0 aliphatic carbocycles. The van der Waals surface area contributed by atoms with Crippen molar-refractivity contribution >= 4 is 16.9 Å². The molecule has 8 nitrogen and oxygen atoms in total. The maximum atomic E-state index is 14.8. The van der Waals surface area contributed by atoms with Gasteiger partial charge in [0.05, 0.1) is 22.2 Å². The number of benzene rings is 1. The van der Waals surface area contributed by atoms with Gasteiger partial charge in [-0.2, -0.15) is 10.4 Å². The monoisotopic (exact) mass is 486 g/mol. The van der Waals surface area contributed by atoms with Gasteiger partial charge < -0.3 is 19.3 Å². The fourth-order valence-corrected chi connectivity index (χ4v) is 5.64. The number of likely N-dealkylation sites (tertiary alicyclic amines) is 1. The van der Waals surface area contributed by atoms with Crippen LogP contribution in [-0.4, -0.2) is 57.4 Å². The first-order chi connectivity index (χ1) is 17.5. The Balaban J connectivity index is 1.39. The van der Waals surface area contributed by atoms with Gasteiger partial charge in [-0.3, -0.25) is 5.10 Å². The number of aromatic amines is 1. The molecule has 0 radical (unpaired) electrons. The molecule has 4 aromatic rings. The van der Waals surface area contributed by atoms with Crippen LogP contribution in [0.1, 0.15) is 36.9 Å². The predicted octanol–water partition coefficient (Wildman–Crippen LogP) is 4.97. The van der Waals surface area contributed by atoms with E-state index >= 15 is 0 Å². The van der Waals surface area contributed by atoms with Crippen molar-refractivity contribution in [3.8, 4) is 34.4 Å². The van der Waals surface area contributed by atoms with E-state index in [9.17, 15) is 14.8 Å².